The maximum Gasteiger partial charge on any atom is 0.416 e. The minimum atomic E-state index is -4.56. The lowest BCUT2D eigenvalue weighted by Crippen LogP contribution is -2.51. The van der Waals surface area contributed by atoms with E-state index in [2.05, 4.69) is 15.3 Å². The Hall–Kier alpha value is -3.96. The van der Waals surface area contributed by atoms with Crippen LogP contribution in [0.25, 0.3) is 11.1 Å². The average molecular weight is 552 g/mol. The third-order valence-electron chi connectivity index (χ3n) is 6.51. The minimum absolute atomic E-state index is 0.120. The van der Waals surface area contributed by atoms with Crippen molar-refractivity contribution in [2.45, 2.75) is 12.6 Å². The molecule has 12 heteroatoms. The van der Waals surface area contributed by atoms with Gasteiger partial charge in [-0.2, -0.15) is 13.2 Å². The van der Waals surface area contributed by atoms with Gasteiger partial charge < -0.3 is 19.9 Å². The number of piperazine rings is 1. The number of aliphatic imine (C=N–C) groups is 1. The minimum Gasteiger partial charge on any atom is -0.496 e. The third-order valence-corrected chi connectivity index (χ3v) is 6.51. The maximum atomic E-state index is 13.8. The van der Waals surface area contributed by atoms with Gasteiger partial charge in [0.15, 0.2) is 0 Å². The van der Waals surface area contributed by atoms with Crippen LogP contribution in [0.1, 0.15) is 17.6 Å². The molecule has 1 aromatic heterocycles. The molecule has 0 bridgehead atoms. The van der Waals surface area contributed by atoms with Gasteiger partial charge in [-0.05, 0) is 30.3 Å². The second-order valence-electron chi connectivity index (χ2n) is 8.69. The molecule has 0 saturated carbocycles. The summed E-state index contributed by atoms with van der Waals surface area (Å²) in [7, 11) is 1.97. The number of hydrogen-bond donors (Lipinski definition) is 1. The summed E-state index contributed by atoms with van der Waals surface area (Å²) in [4.78, 5) is 12.5. The van der Waals surface area contributed by atoms with Gasteiger partial charge in [0.25, 0.3) is 6.43 Å². The van der Waals surface area contributed by atoms with Crippen molar-refractivity contribution in [1.82, 2.24) is 9.88 Å². The highest BCUT2D eigenvalue weighted by atomic mass is 19.4. The van der Waals surface area contributed by atoms with Crippen molar-refractivity contribution in [3.63, 3.8) is 0 Å². The van der Waals surface area contributed by atoms with E-state index in [0.29, 0.717) is 68.3 Å². The van der Waals surface area contributed by atoms with Crippen molar-refractivity contribution in [3.8, 4) is 16.9 Å². The molecule has 0 unspecified atom stereocenters. The van der Waals surface area contributed by atoms with Gasteiger partial charge >= 0.3 is 6.18 Å². The first-order chi connectivity index (χ1) is 18.8. The summed E-state index contributed by atoms with van der Waals surface area (Å²) >= 11 is 0. The van der Waals surface area contributed by atoms with E-state index in [-0.39, 0.29) is 17.1 Å². The Labute approximate surface area is 221 Å². The number of ether oxygens (including phenoxy) is 1. The van der Waals surface area contributed by atoms with Crippen LogP contribution in [0.15, 0.2) is 59.7 Å². The van der Waals surface area contributed by atoms with Gasteiger partial charge in [-0.15, -0.1) is 0 Å². The van der Waals surface area contributed by atoms with E-state index in [1.54, 1.807) is 29.2 Å². The number of rotatable bonds is 4. The van der Waals surface area contributed by atoms with Gasteiger partial charge in [-0.1, -0.05) is 18.2 Å². The standard InChI is InChI=1S/C26H24F5N5O.CH3F/c1-37-21-7-3-2-5-17(21)19-13-16(26(29,30)31)14-20-23(19)33-15-22(34-20)35-9-11-36(12-10-35)25-18(24(27)28)6-4-8-32-25;1-2/h2-8,13-14,24,33H,9-12,15H2,1H3;1H3. The molecule has 1 N–H and O–H groups in total. The SMILES string of the molecule is CF.COc1ccccc1-c1cc(C(F)(F)F)cc2c1NCC(N1CCN(c3ncccc3C(F)F)CC1)=N2. The second kappa shape index (κ2) is 11.8. The van der Waals surface area contributed by atoms with Crippen molar-refractivity contribution in [1.29, 1.82) is 0 Å². The van der Waals surface area contributed by atoms with Crippen LogP contribution in [-0.4, -0.2) is 62.7 Å². The molecule has 0 aliphatic carbocycles. The summed E-state index contributed by atoms with van der Waals surface area (Å²) in [5.41, 5.74) is 0.629. The number of halogens is 6. The van der Waals surface area contributed by atoms with E-state index < -0.39 is 18.2 Å². The number of methoxy groups -OCH3 is 1. The van der Waals surface area contributed by atoms with Gasteiger partial charge in [0.05, 0.1) is 43.3 Å². The topological polar surface area (TPSA) is 53.0 Å². The van der Waals surface area contributed by atoms with Crippen LogP contribution in [0.4, 0.5) is 43.5 Å². The molecule has 208 valence electrons. The first kappa shape index (κ1) is 28.1. The second-order valence-corrected chi connectivity index (χ2v) is 8.69. The normalized spacial score (nSPS) is 15.2. The summed E-state index contributed by atoms with van der Waals surface area (Å²) in [5.74, 6) is 1.30. The average Bonchev–Trinajstić information content (AvgIpc) is 2.97. The summed E-state index contributed by atoms with van der Waals surface area (Å²) in [6.07, 6.45) is -5.71. The lowest BCUT2D eigenvalue weighted by atomic mass is 9.97. The molecule has 1 saturated heterocycles. The van der Waals surface area contributed by atoms with E-state index in [9.17, 15) is 26.3 Å². The zero-order chi connectivity index (χ0) is 28.2. The summed E-state index contributed by atoms with van der Waals surface area (Å²) in [6, 6.07) is 11.9. The van der Waals surface area contributed by atoms with Crippen LogP contribution >= 0.6 is 0 Å². The summed E-state index contributed by atoms with van der Waals surface area (Å²) in [5, 5.41) is 3.25. The first-order valence-electron chi connectivity index (χ1n) is 12.1. The molecule has 5 rings (SSSR count). The van der Waals surface area contributed by atoms with Crippen LogP contribution in [0.2, 0.25) is 0 Å². The smallest absolute Gasteiger partial charge is 0.416 e. The predicted octanol–water partition coefficient (Wildman–Crippen LogP) is 6.58. The Kier molecular flexibility index (Phi) is 8.51. The van der Waals surface area contributed by atoms with Crippen molar-refractivity contribution in [2.75, 3.05) is 57.2 Å². The summed E-state index contributed by atoms with van der Waals surface area (Å²) < 4.78 is 83.1. The van der Waals surface area contributed by atoms with Crippen molar-refractivity contribution in [2.24, 2.45) is 4.99 Å². The van der Waals surface area contributed by atoms with Crippen molar-refractivity contribution < 1.29 is 31.1 Å². The number of nitrogens with zero attached hydrogens (tertiary/aromatic N) is 4. The lowest BCUT2D eigenvalue weighted by Gasteiger charge is -2.38. The molecule has 0 spiro atoms. The van der Waals surface area contributed by atoms with Gasteiger partial charge in [0.2, 0.25) is 0 Å². The molecule has 0 radical (unpaired) electrons. The molecule has 39 heavy (non-hydrogen) atoms. The van der Waals surface area contributed by atoms with E-state index in [1.807, 2.05) is 4.90 Å². The number of pyridine rings is 1. The number of fused-ring (bicyclic) bond motifs is 1. The maximum absolute atomic E-state index is 13.8. The molecule has 0 amide bonds. The zero-order valence-corrected chi connectivity index (χ0v) is 21.3. The van der Waals surface area contributed by atoms with E-state index in [4.69, 9.17) is 4.74 Å². The molecule has 3 aromatic rings. The quantitative estimate of drug-likeness (QED) is 0.372. The van der Waals surface area contributed by atoms with E-state index in [1.165, 1.54) is 25.4 Å². The molecule has 2 aliphatic rings. The number of benzene rings is 2. The van der Waals surface area contributed by atoms with Crippen LogP contribution in [0.5, 0.6) is 5.75 Å². The number of aromatic nitrogens is 1. The van der Waals surface area contributed by atoms with E-state index >= 15 is 0 Å². The van der Waals surface area contributed by atoms with Crippen LogP contribution in [0.3, 0.4) is 0 Å². The predicted molar refractivity (Wildman–Crippen MR) is 139 cm³/mol. The monoisotopic (exact) mass is 551 g/mol. The Morgan fingerprint density at radius 3 is 2.28 bits per heavy atom. The highest BCUT2D eigenvalue weighted by molar-refractivity contribution is 5.99. The van der Waals surface area contributed by atoms with Gasteiger partial charge in [-0.25, -0.2) is 18.8 Å². The number of para-hydroxylation sites is 1. The Balaban J connectivity index is 0.00000172. The Morgan fingerprint density at radius 2 is 1.62 bits per heavy atom. The Bertz CT molecular complexity index is 1320. The highest BCUT2D eigenvalue weighted by Gasteiger charge is 2.34. The third kappa shape index (κ3) is 5.89. The zero-order valence-electron chi connectivity index (χ0n) is 21.3. The Morgan fingerprint density at radius 1 is 0.923 bits per heavy atom. The summed E-state index contributed by atoms with van der Waals surface area (Å²) in [6.45, 7) is 2.10. The number of hydrogen-bond acceptors (Lipinski definition) is 6. The lowest BCUT2D eigenvalue weighted by molar-refractivity contribution is -0.137. The van der Waals surface area contributed by atoms with Crippen LogP contribution in [0, 0.1) is 0 Å². The van der Waals surface area contributed by atoms with Crippen molar-refractivity contribution in [3.05, 3.63) is 65.9 Å². The molecular formula is C27H27F6N5O. The molecule has 2 aromatic carbocycles. The van der Waals surface area contributed by atoms with Gasteiger partial charge in [0.1, 0.15) is 17.4 Å². The molecule has 3 heterocycles. The molecule has 6 nitrogen and oxygen atoms in total. The fraction of sp³-hybridized carbons (Fsp3) is 0.333. The van der Waals surface area contributed by atoms with E-state index in [0.717, 1.165) is 12.1 Å². The van der Waals surface area contributed by atoms with Gasteiger partial charge in [-0.3, -0.25) is 4.39 Å². The largest absolute Gasteiger partial charge is 0.496 e. The first-order valence-corrected chi connectivity index (χ1v) is 12.1. The van der Waals surface area contributed by atoms with Crippen LogP contribution < -0.4 is 15.0 Å². The van der Waals surface area contributed by atoms with Crippen molar-refractivity contribution >= 4 is 23.0 Å². The fourth-order valence-electron chi connectivity index (χ4n) is 4.69. The molecular weight excluding hydrogens is 524 g/mol. The fourth-order valence-corrected chi connectivity index (χ4v) is 4.69. The number of amidine groups is 1. The number of nitrogens with one attached hydrogen (secondary N) is 1. The number of anilines is 2. The number of alkyl halides is 6. The highest BCUT2D eigenvalue weighted by Crippen LogP contribution is 2.45. The molecule has 2 aliphatic heterocycles. The molecule has 0 atom stereocenters. The molecule has 1 fully saturated rings. The van der Waals surface area contributed by atoms with Crippen LogP contribution in [-0.2, 0) is 6.18 Å². The van der Waals surface area contributed by atoms with Gasteiger partial charge in [0, 0.05) is 43.5 Å².